The Morgan fingerprint density at radius 1 is 1.14 bits per heavy atom. The summed E-state index contributed by atoms with van der Waals surface area (Å²) in [6.07, 6.45) is 1.36. The van der Waals surface area contributed by atoms with Crippen LogP contribution in [0.5, 0.6) is 11.5 Å². The summed E-state index contributed by atoms with van der Waals surface area (Å²) >= 11 is 6.22. The zero-order chi connectivity index (χ0) is 20.3. The van der Waals surface area contributed by atoms with Crippen molar-refractivity contribution in [1.29, 1.82) is 0 Å². The number of halogens is 1. The Morgan fingerprint density at radius 2 is 1.86 bits per heavy atom. The van der Waals surface area contributed by atoms with Crippen LogP contribution in [0.4, 0.5) is 10.5 Å². The number of benzene rings is 2. The van der Waals surface area contributed by atoms with Gasteiger partial charge >= 0.3 is 6.03 Å². The Labute approximate surface area is 166 Å². The number of nitrogens with one attached hydrogen (secondary N) is 1. The number of amides is 4. The molecule has 0 bridgehead atoms. The van der Waals surface area contributed by atoms with E-state index in [1.807, 2.05) is 0 Å². The van der Waals surface area contributed by atoms with E-state index in [1.54, 1.807) is 49.4 Å². The van der Waals surface area contributed by atoms with E-state index in [0.717, 1.165) is 4.90 Å². The van der Waals surface area contributed by atoms with E-state index in [-0.39, 0.29) is 10.6 Å². The van der Waals surface area contributed by atoms with Gasteiger partial charge in [0.15, 0.2) is 11.5 Å². The van der Waals surface area contributed by atoms with Gasteiger partial charge in [0.25, 0.3) is 11.8 Å². The van der Waals surface area contributed by atoms with E-state index in [1.165, 1.54) is 13.2 Å². The molecule has 1 N–H and O–H groups in total. The number of methoxy groups -OCH3 is 1. The first-order chi connectivity index (χ1) is 13.5. The van der Waals surface area contributed by atoms with E-state index < -0.39 is 17.8 Å². The minimum atomic E-state index is -0.805. The number of urea groups is 1. The van der Waals surface area contributed by atoms with Crippen LogP contribution in [0.15, 0.2) is 48.0 Å². The quantitative estimate of drug-likeness (QED) is 0.614. The van der Waals surface area contributed by atoms with E-state index in [0.29, 0.717) is 29.4 Å². The molecule has 3 rings (SSSR count). The molecule has 4 amide bonds. The molecule has 1 saturated heterocycles. The smallest absolute Gasteiger partial charge is 0.335 e. The molecule has 28 heavy (non-hydrogen) atoms. The number of barbiturate groups is 1. The maximum absolute atomic E-state index is 12.9. The number of carbonyl (C=O) groups excluding carboxylic acids is 3. The number of hydrogen-bond donors (Lipinski definition) is 1. The van der Waals surface area contributed by atoms with Gasteiger partial charge in [-0.2, -0.15) is 0 Å². The molecular weight excluding hydrogens is 384 g/mol. The molecule has 8 heteroatoms. The van der Waals surface area contributed by atoms with Crippen LogP contribution in [0.2, 0.25) is 5.02 Å². The highest BCUT2D eigenvalue weighted by Gasteiger charge is 2.36. The van der Waals surface area contributed by atoms with E-state index >= 15 is 0 Å². The predicted molar refractivity (Wildman–Crippen MR) is 105 cm³/mol. The Morgan fingerprint density at radius 3 is 2.50 bits per heavy atom. The van der Waals surface area contributed by atoms with Gasteiger partial charge in [-0.05, 0) is 42.8 Å². The molecule has 0 spiro atoms. The summed E-state index contributed by atoms with van der Waals surface area (Å²) in [4.78, 5) is 38.2. The largest absolute Gasteiger partial charge is 0.491 e. The molecular formula is C20H17ClN2O5. The van der Waals surface area contributed by atoms with Crippen molar-refractivity contribution in [3.8, 4) is 11.5 Å². The summed E-state index contributed by atoms with van der Waals surface area (Å²) in [6, 6.07) is 10.7. The number of anilines is 1. The second kappa shape index (κ2) is 8.14. The van der Waals surface area contributed by atoms with Gasteiger partial charge in [-0.3, -0.25) is 14.9 Å². The topological polar surface area (TPSA) is 84.9 Å². The molecule has 1 heterocycles. The number of imide groups is 2. The van der Waals surface area contributed by atoms with Crippen molar-refractivity contribution in [2.45, 2.75) is 6.92 Å². The standard InChI is InChI=1S/C20H17ClN2O5/c1-3-28-16-11-12(10-15(21)17(16)27-2)9-14-18(24)22-20(26)23(19(14)25)13-7-5-4-6-8-13/h4-11H,3H2,1-2H3,(H,22,24,26)/b14-9+. The molecule has 0 radical (unpaired) electrons. The van der Waals surface area contributed by atoms with Crippen LogP contribution < -0.4 is 19.7 Å². The van der Waals surface area contributed by atoms with Crippen molar-refractivity contribution in [1.82, 2.24) is 5.32 Å². The first kappa shape index (κ1) is 19.4. The van der Waals surface area contributed by atoms with Crippen LogP contribution in [0.25, 0.3) is 6.08 Å². The van der Waals surface area contributed by atoms with Gasteiger partial charge in [-0.15, -0.1) is 0 Å². The number of para-hydroxylation sites is 1. The van der Waals surface area contributed by atoms with Crippen molar-refractivity contribution in [3.63, 3.8) is 0 Å². The predicted octanol–water partition coefficient (Wildman–Crippen LogP) is 3.41. The lowest BCUT2D eigenvalue weighted by molar-refractivity contribution is -0.122. The fourth-order valence-electron chi connectivity index (χ4n) is 2.77. The molecule has 0 saturated carbocycles. The molecule has 0 aliphatic carbocycles. The fourth-order valence-corrected chi connectivity index (χ4v) is 3.06. The summed E-state index contributed by atoms with van der Waals surface area (Å²) in [5, 5.41) is 2.44. The van der Waals surface area contributed by atoms with Crippen LogP contribution in [0.3, 0.4) is 0 Å². The Kier molecular flexibility index (Phi) is 5.65. The second-order valence-corrected chi connectivity index (χ2v) is 6.17. The summed E-state index contributed by atoms with van der Waals surface area (Å²) < 4.78 is 10.7. The van der Waals surface area contributed by atoms with Crippen LogP contribution >= 0.6 is 11.6 Å². The number of nitrogens with zero attached hydrogens (tertiary/aromatic N) is 1. The van der Waals surface area contributed by atoms with E-state index in [2.05, 4.69) is 5.32 Å². The van der Waals surface area contributed by atoms with Gasteiger partial charge in [0.05, 0.1) is 24.4 Å². The molecule has 144 valence electrons. The van der Waals surface area contributed by atoms with Crippen molar-refractivity contribution in [3.05, 3.63) is 58.6 Å². The first-order valence-electron chi connectivity index (χ1n) is 8.43. The lowest BCUT2D eigenvalue weighted by atomic mass is 10.1. The molecule has 0 aromatic heterocycles. The summed E-state index contributed by atoms with van der Waals surface area (Å²) in [6.45, 7) is 2.18. The van der Waals surface area contributed by atoms with Gasteiger partial charge in [0.1, 0.15) is 5.57 Å². The lowest BCUT2D eigenvalue weighted by Crippen LogP contribution is -2.54. The van der Waals surface area contributed by atoms with Gasteiger partial charge in [-0.25, -0.2) is 9.69 Å². The fraction of sp³-hybridized carbons (Fsp3) is 0.150. The van der Waals surface area contributed by atoms with Gasteiger partial charge in [0, 0.05) is 0 Å². The molecule has 1 aliphatic heterocycles. The zero-order valence-electron chi connectivity index (χ0n) is 15.2. The van der Waals surface area contributed by atoms with Crippen LogP contribution in [-0.4, -0.2) is 31.6 Å². The highest BCUT2D eigenvalue weighted by Crippen LogP contribution is 2.37. The van der Waals surface area contributed by atoms with Crippen LogP contribution in [0.1, 0.15) is 12.5 Å². The third-order valence-corrected chi connectivity index (χ3v) is 4.24. The number of hydrogen-bond acceptors (Lipinski definition) is 5. The third-order valence-electron chi connectivity index (χ3n) is 3.96. The summed E-state index contributed by atoms with van der Waals surface area (Å²) in [5.74, 6) is -0.785. The average molecular weight is 401 g/mol. The summed E-state index contributed by atoms with van der Waals surface area (Å²) in [7, 11) is 1.46. The summed E-state index contributed by atoms with van der Waals surface area (Å²) in [5.41, 5.74) is 0.605. The second-order valence-electron chi connectivity index (χ2n) is 5.76. The van der Waals surface area contributed by atoms with Crippen molar-refractivity contribution in [2.24, 2.45) is 0 Å². The monoisotopic (exact) mass is 400 g/mol. The molecule has 0 unspecified atom stereocenters. The first-order valence-corrected chi connectivity index (χ1v) is 8.81. The molecule has 2 aromatic carbocycles. The average Bonchev–Trinajstić information content (AvgIpc) is 2.66. The molecule has 1 fully saturated rings. The number of carbonyl (C=O) groups is 3. The minimum Gasteiger partial charge on any atom is -0.491 e. The van der Waals surface area contributed by atoms with Gasteiger partial charge < -0.3 is 9.47 Å². The minimum absolute atomic E-state index is 0.202. The Hall–Kier alpha value is -3.32. The van der Waals surface area contributed by atoms with Crippen molar-refractivity contribution < 1.29 is 23.9 Å². The molecule has 7 nitrogen and oxygen atoms in total. The maximum Gasteiger partial charge on any atom is 0.335 e. The maximum atomic E-state index is 12.9. The van der Waals surface area contributed by atoms with E-state index in [9.17, 15) is 14.4 Å². The number of rotatable bonds is 5. The van der Waals surface area contributed by atoms with Crippen molar-refractivity contribution >= 4 is 41.2 Å². The highest BCUT2D eigenvalue weighted by atomic mass is 35.5. The number of ether oxygens (including phenoxy) is 2. The SMILES string of the molecule is CCOc1cc(/C=C2\C(=O)NC(=O)N(c3ccccc3)C2=O)cc(Cl)c1OC. The normalized spacial score (nSPS) is 15.6. The molecule has 1 aliphatic rings. The zero-order valence-corrected chi connectivity index (χ0v) is 15.9. The Bertz CT molecular complexity index is 972. The lowest BCUT2D eigenvalue weighted by Gasteiger charge is -2.26. The molecule has 0 atom stereocenters. The van der Waals surface area contributed by atoms with Crippen LogP contribution in [-0.2, 0) is 9.59 Å². The molecule has 2 aromatic rings. The Balaban J connectivity index is 2.04. The highest BCUT2D eigenvalue weighted by molar-refractivity contribution is 6.39. The van der Waals surface area contributed by atoms with Crippen molar-refractivity contribution in [2.75, 3.05) is 18.6 Å². The third kappa shape index (κ3) is 3.70. The van der Waals surface area contributed by atoms with E-state index in [4.69, 9.17) is 21.1 Å². The van der Waals surface area contributed by atoms with Crippen LogP contribution in [0, 0.1) is 0 Å². The van der Waals surface area contributed by atoms with Gasteiger partial charge in [0.2, 0.25) is 0 Å². The van der Waals surface area contributed by atoms with Gasteiger partial charge in [-0.1, -0.05) is 29.8 Å².